The maximum atomic E-state index is 12.3. The molecule has 130 valence electrons. The van der Waals surface area contributed by atoms with Crippen LogP contribution in [0.2, 0.25) is 0 Å². The first-order valence-electron chi connectivity index (χ1n) is 8.55. The van der Waals surface area contributed by atoms with Gasteiger partial charge in [-0.05, 0) is 57.7 Å². The quantitative estimate of drug-likeness (QED) is 0.843. The summed E-state index contributed by atoms with van der Waals surface area (Å²) in [6.07, 6.45) is 8.47. The highest BCUT2D eigenvalue weighted by Crippen LogP contribution is 2.21. The number of nitrogens with one attached hydrogen (secondary N) is 1. The number of nitrogens with zero attached hydrogens (tertiary/aromatic N) is 2. The summed E-state index contributed by atoms with van der Waals surface area (Å²) in [7, 11) is 0. The lowest BCUT2D eigenvalue weighted by molar-refractivity contribution is -0.130. The van der Waals surface area contributed by atoms with E-state index in [0.717, 1.165) is 26.1 Å². The molecular formula is C16H31Cl2N3O. The predicted molar refractivity (Wildman–Crippen MR) is 95.1 cm³/mol. The standard InChI is InChI=1S/C16H29N3O.2ClH/c20-16(11-15-5-4-7-17-15)19-10-6-14(13-19)12-18-8-2-1-3-9-18;;/h14-15,17H,1-13H2;2*1H. The number of hydrogen-bond acceptors (Lipinski definition) is 3. The fourth-order valence-corrected chi connectivity index (χ4v) is 3.99. The van der Waals surface area contributed by atoms with Gasteiger partial charge in [0.2, 0.25) is 5.91 Å². The summed E-state index contributed by atoms with van der Waals surface area (Å²) in [6, 6.07) is 0.448. The van der Waals surface area contributed by atoms with Crippen molar-refractivity contribution in [2.24, 2.45) is 5.92 Å². The molecule has 6 heteroatoms. The van der Waals surface area contributed by atoms with Crippen LogP contribution in [0.4, 0.5) is 0 Å². The third-order valence-corrected chi connectivity index (χ3v) is 5.19. The molecule has 3 heterocycles. The van der Waals surface area contributed by atoms with Gasteiger partial charge in [0.05, 0.1) is 0 Å². The number of likely N-dealkylation sites (tertiary alicyclic amines) is 2. The number of piperidine rings is 1. The van der Waals surface area contributed by atoms with Crippen LogP contribution in [0.1, 0.15) is 44.9 Å². The number of hydrogen-bond donors (Lipinski definition) is 1. The van der Waals surface area contributed by atoms with Crippen LogP contribution >= 0.6 is 24.8 Å². The van der Waals surface area contributed by atoms with Gasteiger partial charge in [-0.1, -0.05) is 6.42 Å². The van der Waals surface area contributed by atoms with Crippen molar-refractivity contribution in [1.82, 2.24) is 15.1 Å². The van der Waals surface area contributed by atoms with Gasteiger partial charge < -0.3 is 15.1 Å². The second-order valence-electron chi connectivity index (χ2n) is 6.85. The maximum Gasteiger partial charge on any atom is 0.224 e. The Labute approximate surface area is 147 Å². The molecular weight excluding hydrogens is 321 g/mol. The Bertz CT molecular complexity index is 331. The molecule has 1 N–H and O–H groups in total. The van der Waals surface area contributed by atoms with E-state index >= 15 is 0 Å². The fraction of sp³-hybridized carbons (Fsp3) is 0.938. The second kappa shape index (κ2) is 9.96. The van der Waals surface area contributed by atoms with E-state index in [9.17, 15) is 4.79 Å². The first kappa shape index (κ1) is 20.0. The summed E-state index contributed by atoms with van der Waals surface area (Å²) >= 11 is 0. The molecule has 0 aromatic rings. The normalized spacial score (nSPS) is 29.0. The van der Waals surface area contributed by atoms with E-state index in [4.69, 9.17) is 0 Å². The molecule has 0 aromatic heterocycles. The van der Waals surface area contributed by atoms with Gasteiger partial charge in [0.15, 0.2) is 0 Å². The van der Waals surface area contributed by atoms with E-state index in [1.165, 1.54) is 58.2 Å². The Hall–Kier alpha value is -0.0300. The van der Waals surface area contributed by atoms with Gasteiger partial charge in [-0.15, -0.1) is 24.8 Å². The Morgan fingerprint density at radius 3 is 2.45 bits per heavy atom. The van der Waals surface area contributed by atoms with Gasteiger partial charge in [-0.25, -0.2) is 0 Å². The Balaban J connectivity index is 0.00000121. The molecule has 4 nitrogen and oxygen atoms in total. The summed E-state index contributed by atoms with van der Waals surface area (Å²) in [5.41, 5.74) is 0. The van der Waals surface area contributed by atoms with Crippen LogP contribution < -0.4 is 5.32 Å². The number of carbonyl (C=O) groups is 1. The van der Waals surface area contributed by atoms with Crippen molar-refractivity contribution < 1.29 is 4.79 Å². The highest BCUT2D eigenvalue weighted by molar-refractivity contribution is 5.85. The second-order valence-corrected chi connectivity index (χ2v) is 6.85. The van der Waals surface area contributed by atoms with E-state index in [-0.39, 0.29) is 24.8 Å². The largest absolute Gasteiger partial charge is 0.342 e. The van der Waals surface area contributed by atoms with E-state index in [0.29, 0.717) is 17.9 Å². The molecule has 0 bridgehead atoms. The predicted octanol–water partition coefficient (Wildman–Crippen LogP) is 2.31. The molecule has 0 radical (unpaired) electrons. The zero-order valence-electron chi connectivity index (χ0n) is 13.5. The van der Waals surface area contributed by atoms with Gasteiger partial charge in [0.1, 0.15) is 0 Å². The summed E-state index contributed by atoms with van der Waals surface area (Å²) in [5.74, 6) is 1.10. The molecule has 3 rings (SSSR count). The number of halogens is 2. The van der Waals surface area contributed by atoms with Crippen molar-refractivity contribution in [2.75, 3.05) is 39.3 Å². The van der Waals surface area contributed by atoms with Crippen molar-refractivity contribution in [3.63, 3.8) is 0 Å². The summed E-state index contributed by atoms with van der Waals surface area (Å²) < 4.78 is 0. The average Bonchev–Trinajstić information content (AvgIpc) is 3.11. The Morgan fingerprint density at radius 1 is 1.00 bits per heavy atom. The van der Waals surface area contributed by atoms with E-state index < -0.39 is 0 Å². The third-order valence-electron chi connectivity index (χ3n) is 5.19. The molecule has 22 heavy (non-hydrogen) atoms. The van der Waals surface area contributed by atoms with Crippen LogP contribution in [-0.4, -0.2) is 61.0 Å². The summed E-state index contributed by atoms with van der Waals surface area (Å²) in [5, 5.41) is 3.43. The Kier molecular flexibility index (Phi) is 9.07. The molecule has 3 fully saturated rings. The molecule has 0 spiro atoms. The van der Waals surface area contributed by atoms with Crippen LogP contribution in [-0.2, 0) is 4.79 Å². The van der Waals surface area contributed by atoms with Crippen molar-refractivity contribution in [3.05, 3.63) is 0 Å². The molecule has 3 aliphatic rings. The monoisotopic (exact) mass is 351 g/mol. The van der Waals surface area contributed by atoms with Crippen LogP contribution in [0.25, 0.3) is 0 Å². The van der Waals surface area contributed by atoms with Crippen LogP contribution in [0.3, 0.4) is 0 Å². The molecule has 0 aliphatic carbocycles. The van der Waals surface area contributed by atoms with Crippen molar-refractivity contribution >= 4 is 30.7 Å². The van der Waals surface area contributed by atoms with Crippen LogP contribution in [0.15, 0.2) is 0 Å². The Morgan fingerprint density at radius 2 is 1.77 bits per heavy atom. The lowest BCUT2D eigenvalue weighted by Crippen LogP contribution is -2.37. The topological polar surface area (TPSA) is 35.6 Å². The molecule has 0 aromatic carbocycles. The number of amides is 1. The average molecular weight is 352 g/mol. The molecule has 0 saturated carbocycles. The highest BCUT2D eigenvalue weighted by Gasteiger charge is 2.29. The van der Waals surface area contributed by atoms with Gasteiger partial charge in [-0.2, -0.15) is 0 Å². The fourth-order valence-electron chi connectivity index (χ4n) is 3.99. The SMILES string of the molecule is Cl.Cl.O=C(CC1CCCN1)N1CCC(CN2CCCCC2)C1. The van der Waals surface area contributed by atoms with Crippen molar-refractivity contribution in [3.8, 4) is 0 Å². The van der Waals surface area contributed by atoms with E-state index in [2.05, 4.69) is 15.1 Å². The minimum absolute atomic E-state index is 0. The van der Waals surface area contributed by atoms with Gasteiger partial charge in [-0.3, -0.25) is 4.79 Å². The van der Waals surface area contributed by atoms with Gasteiger partial charge in [0.25, 0.3) is 0 Å². The molecule has 3 saturated heterocycles. The molecule has 1 amide bonds. The summed E-state index contributed by atoms with van der Waals surface area (Å²) in [6.45, 7) is 6.85. The third kappa shape index (κ3) is 5.55. The number of rotatable bonds is 4. The molecule has 2 atom stereocenters. The van der Waals surface area contributed by atoms with Crippen molar-refractivity contribution in [2.45, 2.75) is 51.0 Å². The smallest absolute Gasteiger partial charge is 0.224 e. The zero-order chi connectivity index (χ0) is 13.8. The summed E-state index contributed by atoms with van der Waals surface area (Å²) in [4.78, 5) is 17.0. The minimum atomic E-state index is 0. The zero-order valence-corrected chi connectivity index (χ0v) is 15.1. The van der Waals surface area contributed by atoms with E-state index in [1.807, 2.05) is 0 Å². The molecule has 2 unspecified atom stereocenters. The van der Waals surface area contributed by atoms with Crippen LogP contribution in [0.5, 0.6) is 0 Å². The van der Waals surface area contributed by atoms with Crippen LogP contribution in [0, 0.1) is 5.92 Å². The highest BCUT2D eigenvalue weighted by atomic mass is 35.5. The first-order chi connectivity index (χ1) is 9.81. The first-order valence-corrected chi connectivity index (χ1v) is 8.55. The lowest BCUT2D eigenvalue weighted by atomic mass is 10.1. The lowest BCUT2D eigenvalue weighted by Gasteiger charge is -2.29. The maximum absolute atomic E-state index is 12.3. The minimum Gasteiger partial charge on any atom is -0.342 e. The van der Waals surface area contributed by atoms with E-state index in [1.54, 1.807) is 0 Å². The van der Waals surface area contributed by atoms with Gasteiger partial charge in [0, 0.05) is 32.1 Å². The molecule has 3 aliphatic heterocycles. The van der Waals surface area contributed by atoms with Crippen molar-refractivity contribution in [1.29, 1.82) is 0 Å². The number of carbonyl (C=O) groups excluding carboxylic acids is 1. The van der Waals surface area contributed by atoms with Gasteiger partial charge >= 0.3 is 0 Å².